The minimum absolute atomic E-state index is 0.0468. The van der Waals surface area contributed by atoms with Crippen molar-refractivity contribution in [2.75, 3.05) is 13.1 Å². The first-order chi connectivity index (χ1) is 15.2. The van der Waals surface area contributed by atoms with E-state index in [-0.39, 0.29) is 18.9 Å². The lowest BCUT2D eigenvalue weighted by atomic mass is 9.88. The van der Waals surface area contributed by atoms with E-state index in [1.54, 1.807) is 18.7 Å². The molecule has 0 radical (unpaired) electrons. The number of benzene rings is 1. The maximum atomic E-state index is 13.0. The number of carbonyl (C=O) groups is 1. The predicted molar refractivity (Wildman–Crippen MR) is 121 cm³/mol. The predicted octanol–water partition coefficient (Wildman–Crippen LogP) is 1.37. The second-order valence-corrected chi connectivity index (χ2v) is 8.70. The van der Waals surface area contributed by atoms with E-state index in [2.05, 4.69) is 21.5 Å². The molecule has 1 fully saturated rings. The number of para-hydroxylation sites is 2. The molecule has 4 rings (SSSR count). The van der Waals surface area contributed by atoms with Crippen LogP contribution >= 0.6 is 0 Å². The second kappa shape index (κ2) is 8.38. The van der Waals surface area contributed by atoms with E-state index in [0.29, 0.717) is 24.9 Å². The topological polar surface area (TPSA) is 113 Å². The van der Waals surface area contributed by atoms with Crippen LogP contribution in [0.4, 0.5) is 0 Å². The molecule has 1 aromatic carbocycles. The summed E-state index contributed by atoms with van der Waals surface area (Å²) in [5, 5.41) is 10.9. The number of rotatable bonds is 5. The molecule has 0 aliphatic carbocycles. The lowest BCUT2D eigenvalue weighted by Gasteiger charge is -2.43. The Bertz CT molecular complexity index is 1270. The van der Waals surface area contributed by atoms with Gasteiger partial charge in [0.25, 0.3) is 5.56 Å². The Morgan fingerprint density at radius 3 is 2.81 bits per heavy atom. The maximum absolute atomic E-state index is 13.0. The monoisotopic (exact) mass is 439 g/mol. The Labute approximate surface area is 185 Å². The summed E-state index contributed by atoms with van der Waals surface area (Å²) < 4.78 is 3.46. The Balaban J connectivity index is 1.52. The molecule has 2 atom stereocenters. The fraction of sp³-hybridized carbons (Fsp3) is 0.478. The molecule has 0 saturated carbocycles. The largest absolute Gasteiger partial charge is 0.388 e. The van der Waals surface area contributed by atoms with Gasteiger partial charge in [-0.15, -0.1) is 0 Å². The van der Waals surface area contributed by atoms with Crippen molar-refractivity contribution in [3.63, 3.8) is 0 Å². The quantitative estimate of drug-likeness (QED) is 0.623. The maximum Gasteiger partial charge on any atom is 0.328 e. The van der Waals surface area contributed by atoms with Gasteiger partial charge in [-0.05, 0) is 39.3 Å². The summed E-state index contributed by atoms with van der Waals surface area (Å²) in [6.07, 6.45) is 2.59. The molecule has 1 saturated heterocycles. The molecule has 0 bridgehead atoms. The van der Waals surface area contributed by atoms with Crippen molar-refractivity contribution in [3.8, 4) is 0 Å². The number of aromatic nitrogens is 4. The molecular weight excluding hydrogens is 410 g/mol. The highest BCUT2D eigenvalue weighted by Crippen LogP contribution is 2.31. The zero-order chi connectivity index (χ0) is 23.0. The number of amides is 1. The van der Waals surface area contributed by atoms with Crippen molar-refractivity contribution in [2.45, 2.75) is 58.2 Å². The van der Waals surface area contributed by atoms with Crippen LogP contribution in [-0.4, -0.2) is 53.7 Å². The Hall–Kier alpha value is -3.20. The van der Waals surface area contributed by atoms with Gasteiger partial charge in [0.05, 0.1) is 22.7 Å². The Morgan fingerprint density at radius 2 is 2.06 bits per heavy atom. The van der Waals surface area contributed by atoms with Crippen LogP contribution in [0, 0.1) is 6.92 Å². The first-order valence-electron chi connectivity index (χ1n) is 11.0. The zero-order valence-corrected chi connectivity index (χ0v) is 18.7. The normalized spacial score (nSPS) is 21.2. The first-order valence-corrected chi connectivity index (χ1v) is 11.0. The van der Waals surface area contributed by atoms with Crippen molar-refractivity contribution < 1.29 is 9.90 Å². The zero-order valence-electron chi connectivity index (χ0n) is 18.7. The molecule has 3 heterocycles. The molecule has 1 amide bonds. The van der Waals surface area contributed by atoms with Crippen molar-refractivity contribution >= 4 is 16.9 Å². The van der Waals surface area contributed by atoms with E-state index in [0.717, 1.165) is 23.4 Å². The molecule has 3 aromatic rings. The molecule has 1 aliphatic heterocycles. The number of aromatic amines is 1. The van der Waals surface area contributed by atoms with E-state index in [1.807, 2.05) is 24.3 Å². The van der Waals surface area contributed by atoms with Gasteiger partial charge in [-0.25, -0.2) is 9.78 Å². The van der Waals surface area contributed by atoms with Crippen LogP contribution in [0.1, 0.15) is 44.1 Å². The average Bonchev–Trinajstić information content (AvgIpc) is 3.12. The highest BCUT2D eigenvalue weighted by atomic mass is 16.3. The fourth-order valence-corrected chi connectivity index (χ4v) is 4.50. The average molecular weight is 440 g/mol. The summed E-state index contributed by atoms with van der Waals surface area (Å²) in [6, 6.07) is 7.27. The molecule has 9 nitrogen and oxygen atoms in total. The third kappa shape index (κ3) is 4.00. The number of aliphatic hydroxyl groups is 1. The Morgan fingerprint density at radius 1 is 1.31 bits per heavy atom. The number of piperidine rings is 1. The minimum atomic E-state index is -1.18. The number of nitrogens with one attached hydrogen (secondary N) is 1. The molecular formula is C23H29N5O4. The summed E-state index contributed by atoms with van der Waals surface area (Å²) >= 11 is 0. The third-order valence-electron chi connectivity index (χ3n) is 6.45. The van der Waals surface area contributed by atoms with Gasteiger partial charge < -0.3 is 14.6 Å². The SMILES string of the molecule is CCn1c(CCC(=O)N2CC[C@@](C)(O)[C@H](n3cc(C)c(=O)[nH]c3=O)C2)nc2ccccc21. The minimum Gasteiger partial charge on any atom is -0.388 e. The summed E-state index contributed by atoms with van der Waals surface area (Å²) in [4.78, 5) is 45.9. The smallest absolute Gasteiger partial charge is 0.328 e. The van der Waals surface area contributed by atoms with Crippen molar-refractivity contribution in [3.05, 3.63) is 62.7 Å². The van der Waals surface area contributed by atoms with Crippen LogP contribution < -0.4 is 11.2 Å². The number of likely N-dealkylation sites (tertiary alicyclic amines) is 1. The van der Waals surface area contributed by atoms with E-state index in [1.165, 1.54) is 10.8 Å². The van der Waals surface area contributed by atoms with E-state index in [9.17, 15) is 19.5 Å². The van der Waals surface area contributed by atoms with E-state index >= 15 is 0 Å². The van der Waals surface area contributed by atoms with Crippen LogP contribution in [0.25, 0.3) is 11.0 Å². The van der Waals surface area contributed by atoms with Gasteiger partial charge in [0.1, 0.15) is 5.82 Å². The summed E-state index contributed by atoms with van der Waals surface area (Å²) in [5.41, 5.74) is 0.132. The lowest BCUT2D eigenvalue weighted by Crippen LogP contribution is -2.55. The number of aryl methyl sites for hydroxylation is 3. The number of hydrogen-bond donors (Lipinski definition) is 2. The van der Waals surface area contributed by atoms with Crippen LogP contribution in [0.3, 0.4) is 0 Å². The van der Waals surface area contributed by atoms with Gasteiger partial charge in [-0.3, -0.25) is 19.1 Å². The number of carbonyl (C=O) groups excluding carboxylic acids is 1. The van der Waals surface area contributed by atoms with Crippen LogP contribution in [-0.2, 0) is 17.8 Å². The van der Waals surface area contributed by atoms with Crippen LogP contribution in [0.2, 0.25) is 0 Å². The summed E-state index contributed by atoms with van der Waals surface area (Å²) in [7, 11) is 0. The first kappa shape index (κ1) is 22.0. The molecule has 1 aliphatic rings. The molecule has 2 N–H and O–H groups in total. The number of hydrogen-bond acceptors (Lipinski definition) is 5. The number of fused-ring (bicyclic) bond motifs is 1. The van der Waals surface area contributed by atoms with Crippen molar-refractivity contribution in [1.82, 2.24) is 24.0 Å². The van der Waals surface area contributed by atoms with E-state index < -0.39 is 22.9 Å². The Kier molecular flexibility index (Phi) is 5.77. The van der Waals surface area contributed by atoms with Gasteiger partial charge >= 0.3 is 5.69 Å². The van der Waals surface area contributed by atoms with E-state index in [4.69, 9.17) is 0 Å². The number of imidazole rings is 1. The summed E-state index contributed by atoms with van der Waals surface area (Å²) in [5.74, 6) is 0.824. The van der Waals surface area contributed by atoms with Crippen molar-refractivity contribution in [1.29, 1.82) is 0 Å². The molecule has 0 unspecified atom stereocenters. The lowest BCUT2D eigenvalue weighted by molar-refractivity contribution is -0.138. The number of H-pyrrole nitrogens is 1. The van der Waals surface area contributed by atoms with Gasteiger partial charge in [-0.2, -0.15) is 0 Å². The van der Waals surface area contributed by atoms with Gasteiger partial charge in [-0.1, -0.05) is 12.1 Å². The van der Waals surface area contributed by atoms with Crippen molar-refractivity contribution in [2.24, 2.45) is 0 Å². The second-order valence-electron chi connectivity index (χ2n) is 8.70. The fourth-order valence-electron chi connectivity index (χ4n) is 4.50. The van der Waals surface area contributed by atoms with Gasteiger partial charge in [0, 0.05) is 44.2 Å². The highest BCUT2D eigenvalue weighted by Gasteiger charge is 2.40. The van der Waals surface area contributed by atoms with Gasteiger partial charge in [0.15, 0.2) is 0 Å². The summed E-state index contributed by atoms with van der Waals surface area (Å²) in [6.45, 7) is 6.70. The molecule has 2 aromatic heterocycles. The van der Waals surface area contributed by atoms with Crippen LogP contribution in [0.15, 0.2) is 40.1 Å². The van der Waals surface area contributed by atoms with Crippen LogP contribution in [0.5, 0.6) is 0 Å². The molecule has 32 heavy (non-hydrogen) atoms. The third-order valence-corrected chi connectivity index (χ3v) is 6.45. The molecule has 170 valence electrons. The number of nitrogens with zero attached hydrogens (tertiary/aromatic N) is 4. The standard InChI is InChI=1S/C23H29N5O4/c1-4-27-17-8-6-5-7-16(17)24-19(27)9-10-20(29)26-12-11-23(3,32)18(14-26)28-13-15(2)21(30)25-22(28)31/h5-8,13,18,32H,4,9-12,14H2,1-3H3,(H,25,30,31)/t18-,23-/m1/s1. The van der Waals surface area contributed by atoms with Gasteiger partial charge in [0.2, 0.25) is 5.91 Å². The molecule has 0 spiro atoms. The molecule has 9 heteroatoms. The highest BCUT2D eigenvalue weighted by molar-refractivity contribution is 5.78.